The summed E-state index contributed by atoms with van der Waals surface area (Å²) in [4.78, 5) is 4.41. The number of hydrogen-bond acceptors (Lipinski definition) is 4. The van der Waals surface area contributed by atoms with Crippen LogP contribution in [0.25, 0.3) is 0 Å². The minimum atomic E-state index is -2.93. The molecule has 0 spiro atoms. The first-order valence-corrected chi connectivity index (χ1v) is 9.07. The third kappa shape index (κ3) is 6.58. The monoisotopic (exact) mass is 303 g/mol. The third-order valence-corrected chi connectivity index (χ3v) is 4.93. The van der Waals surface area contributed by atoms with E-state index in [1.807, 2.05) is 18.4 Å². The average Bonchev–Trinajstić information content (AvgIpc) is 2.89. The zero-order valence-corrected chi connectivity index (χ0v) is 13.0. The normalized spacial score (nSPS) is 12.4. The van der Waals surface area contributed by atoms with Crippen molar-refractivity contribution in [3.63, 3.8) is 0 Å². The van der Waals surface area contributed by atoms with Crippen LogP contribution >= 0.6 is 11.3 Å². The molecule has 1 rings (SSSR count). The number of thiophene rings is 1. The van der Waals surface area contributed by atoms with Gasteiger partial charge in [-0.2, -0.15) is 11.3 Å². The van der Waals surface area contributed by atoms with Crippen LogP contribution in [-0.2, 0) is 16.4 Å². The van der Waals surface area contributed by atoms with Crippen LogP contribution in [0, 0.1) is 0 Å². The number of rotatable bonds is 7. The molecule has 0 radical (unpaired) electrons. The molecule has 0 amide bonds. The molecular formula is C12H21N3O2S2. The molecule has 0 fully saturated rings. The molecular weight excluding hydrogens is 282 g/mol. The Morgan fingerprint density at radius 1 is 1.37 bits per heavy atom. The van der Waals surface area contributed by atoms with Gasteiger partial charge in [0.2, 0.25) is 0 Å². The first-order valence-electron chi connectivity index (χ1n) is 6.31. The predicted octanol–water partition coefficient (Wildman–Crippen LogP) is 1.24. The fourth-order valence-electron chi connectivity index (χ4n) is 1.36. The number of sulfone groups is 1. The third-order valence-electron chi connectivity index (χ3n) is 2.49. The van der Waals surface area contributed by atoms with Crippen molar-refractivity contribution in [1.82, 2.24) is 10.6 Å². The van der Waals surface area contributed by atoms with Crippen LogP contribution in [-0.4, -0.2) is 39.0 Å². The Kier molecular flexibility index (Phi) is 6.86. The van der Waals surface area contributed by atoms with Crippen LogP contribution in [0.2, 0.25) is 0 Å². The second kappa shape index (κ2) is 8.16. The maximum atomic E-state index is 11.4. The first kappa shape index (κ1) is 16.0. The predicted molar refractivity (Wildman–Crippen MR) is 81.5 cm³/mol. The molecule has 1 aromatic heterocycles. The lowest BCUT2D eigenvalue weighted by Crippen LogP contribution is -2.39. The van der Waals surface area contributed by atoms with Crippen LogP contribution in [0.5, 0.6) is 0 Å². The second-order valence-electron chi connectivity index (χ2n) is 3.99. The fraction of sp³-hybridized carbons (Fsp3) is 0.583. The molecule has 0 unspecified atom stereocenters. The van der Waals surface area contributed by atoms with Crippen molar-refractivity contribution < 1.29 is 8.42 Å². The van der Waals surface area contributed by atoms with Gasteiger partial charge < -0.3 is 10.6 Å². The van der Waals surface area contributed by atoms with Crippen molar-refractivity contribution in [1.29, 1.82) is 0 Å². The summed E-state index contributed by atoms with van der Waals surface area (Å²) < 4.78 is 22.8. The first-order chi connectivity index (χ1) is 9.07. The fourth-order valence-corrected chi connectivity index (χ4v) is 2.73. The minimum absolute atomic E-state index is 0.131. The Morgan fingerprint density at radius 2 is 2.16 bits per heavy atom. The molecule has 0 aliphatic heterocycles. The van der Waals surface area contributed by atoms with Gasteiger partial charge in [0.25, 0.3) is 0 Å². The van der Waals surface area contributed by atoms with Crippen LogP contribution < -0.4 is 10.6 Å². The van der Waals surface area contributed by atoms with Gasteiger partial charge in [0.15, 0.2) is 15.8 Å². The topological polar surface area (TPSA) is 70.6 Å². The molecule has 0 saturated heterocycles. The van der Waals surface area contributed by atoms with Crippen LogP contribution in [0.1, 0.15) is 19.4 Å². The van der Waals surface area contributed by atoms with Crippen molar-refractivity contribution in [3.8, 4) is 0 Å². The second-order valence-corrected chi connectivity index (χ2v) is 7.24. The van der Waals surface area contributed by atoms with Crippen molar-refractivity contribution in [2.24, 2.45) is 4.99 Å². The van der Waals surface area contributed by atoms with E-state index in [0.717, 1.165) is 12.1 Å². The molecule has 2 N–H and O–H groups in total. The van der Waals surface area contributed by atoms with Crippen molar-refractivity contribution in [2.75, 3.05) is 24.6 Å². The van der Waals surface area contributed by atoms with Crippen LogP contribution in [0.4, 0.5) is 0 Å². The van der Waals surface area contributed by atoms with Gasteiger partial charge >= 0.3 is 0 Å². The van der Waals surface area contributed by atoms with Crippen molar-refractivity contribution >= 4 is 27.1 Å². The maximum absolute atomic E-state index is 11.4. The van der Waals surface area contributed by atoms with Crippen molar-refractivity contribution in [3.05, 3.63) is 22.4 Å². The SMILES string of the molecule is CCNC(=NCc1ccsc1)NCCS(=O)(=O)CC. The van der Waals surface area contributed by atoms with Gasteiger partial charge in [-0.15, -0.1) is 0 Å². The van der Waals surface area contributed by atoms with Crippen LogP contribution in [0.15, 0.2) is 21.8 Å². The highest BCUT2D eigenvalue weighted by atomic mass is 32.2. The van der Waals surface area contributed by atoms with Crippen LogP contribution in [0.3, 0.4) is 0 Å². The number of nitrogens with one attached hydrogen (secondary N) is 2. The Labute approximate surface area is 119 Å². The Bertz CT molecular complexity index is 481. The van der Waals surface area contributed by atoms with E-state index in [-0.39, 0.29) is 11.5 Å². The summed E-state index contributed by atoms with van der Waals surface area (Å²) in [6.07, 6.45) is 0. The molecule has 1 aromatic rings. The van der Waals surface area contributed by atoms with Gasteiger partial charge in [0.1, 0.15) is 0 Å². The molecule has 1 heterocycles. The zero-order chi connectivity index (χ0) is 14.1. The lowest BCUT2D eigenvalue weighted by Gasteiger charge is -2.10. The molecule has 0 aliphatic carbocycles. The highest BCUT2D eigenvalue weighted by Gasteiger charge is 2.07. The zero-order valence-electron chi connectivity index (χ0n) is 11.3. The summed E-state index contributed by atoms with van der Waals surface area (Å²) in [6.45, 7) is 5.36. The molecule has 7 heteroatoms. The van der Waals surface area contributed by atoms with Gasteiger partial charge in [-0.25, -0.2) is 13.4 Å². The molecule has 0 atom stereocenters. The van der Waals surface area contributed by atoms with Gasteiger partial charge in [-0.1, -0.05) is 6.92 Å². The van der Waals surface area contributed by atoms with E-state index in [9.17, 15) is 8.42 Å². The summed E-state index contributed by atoms with van der Waals surface area (Å²) in [5.41, 5.74) is 1.16. The summed E-state index contributed by atoms with van der Waals surface area (Å²) in [7, 11) is -2.93. The van der Waals surface area contributed by atoms with Crippen molar-refractivity contribution in [2.45, 2.75) is 20.4 Å². The highest BCUT2D eigenvalue weighted by molar-refractivity contribution is 7.91. The summed E-state index contributed by atoms with van der Waals surface area (Å²) >= 11 is 1.64. The summed E-state index contributed by atoms with van der Waals surface area (Å²) in [5, 5.41) is 10.2. The summed E-state index contributed by atoms with van der Waals surface area (Å²) in [6, 6.07) is 2.03. The van der Waals surface area contributed by atoms with E-state index in [2.05, 4.69) is 21.0 Å². The molecule has 0 aliphatic rings. The Morgan fingerprint density at radius 3 is 2.74 bits per heavy atom. The standard InChI is InChI=1S/C12H21N3O2S2/c1-3-13-12(14-6-8-19(16,17)4-2)15-9-11-5-7-18-10-11/h5,7,10H,3-4,6,8-9H2,1-2H3,(H2,13,14,15). The molecule has 5 nitrogen and oxygen atoms in total. The number of hydrogen-bond donors (Lipinski definition) is 2. The largest absolute Gasteiger partial charge is 0.357 e. The van der Waals surface area contributed by atoms with Gasteiger partial charge in [-0.05, 0) is 29.3 Å². The lowest BCUT2D eigenvalue weighted by atomic mass is 10.3. The van der Waals surface area contributed by atoms with E-state index in [4.69, 9.17) is 0 Å². The Balaban J connectivity index is 2.46. The number of guanidine groups is 1. The van der Waals surface area contributed by atoms with Gasteiger partial charge in [-0.3, -0.25) is 0 Å². The van der Waals surface area contributed by atoms with E-state index in [1.54, 1.807) is 18.3 Å². The smallest absolute Gasteiger partial charge is 0.191 e. The quantitative estimate of drug-likeness (QED) is 0.587. The molecule has 0 saturated carbocycles. The Hall–Kier alpha value is -1.08. The summed E-state index contributed by atoms with van der Waals surface area (Å²) in [5.74, 6) is 0.962. The lowest BCUT2D eigenvalue weighted by molar-refractivity contribution is 0.595. The number of aliphatic imine (C=N–C) groups is 1. The van der Waals surface area contributed by atoms with E-state index >= 15 is 0 Å². The van der Waals surface area contributed by atoms with E-state index in [1.165, 1.54) is 0 Å². The molecule has 19 heavy (non-hydrogen) atoms. The molecule has 0 bridgehead atoms. The number of nitrogens with zero attached hydrogens (tertiary/aromatic N) is 1. The van der Waals surface area contributed by atoms with E-state index < -0.39 is 9.84 Å². The molecule has 0 aromatic carbocycles. The average molecular weight is 303 g/mol. The maximum Gasteiger partial charge on any atom is 0.191 e. The van der Waals surface area contributed by atoms with Gasteiger partial charge in [0, 0.05) is 18.8 Å². The molecule has 108 valence electrons. The highest BCUT2D eigenvalue weighted by Crippen LogP contribution is 2.06. The van der Waals surface area contributed by atoms with Gasteiger partial charge in [0.05, 0.1) is 12.3 Å². The van der Waals surface area contributed by atoms with E-state index in [0.29, 0.717) is 19.0 Å². The minimum Gasteiger partial charge on any atom is -0.357 e.